The van der Waals surface area contributed by atoms with Crippen LogP contribution in [0.4, 0.5) is 0 Å². The Hall–Kier alpha value is -1.73. The van der Waals surface area contributed by atoms with Crippen LogP contribution in [0.5, 0.6) is 11.5 Å². The SMILES string of the molecule is CCCOc1ccc(OCC(C#N)NC)cc1. The van der Waals surface area contributed by atoms with Crippen molar-refractivity contribution >= 4 is 0 Å². The van der Waals surface area contributed by atoms with Gasteiger partial charge in [0.2, 0.25) is 0 Å². The summed E-state index contributed by atoms with van der Waals surface area (Å²) in [5, 5.41) is 11.6. The van der Waals surface area contributed by atoms with Crippen molar-refractivity contribution in [3.63, 3.8) is 0 Å². The van der Waals surface area contributed by atoms with E-state index in [2.05, 4.69) is 18.3 Å². The van der Waals surface area contributed by atoms with Crippen LogP contribution < -0.4 is 14.8 Å². The highest BCUT2D eigenvalue weighted by atomic mass is 16.5. The second kappa shape index (κ2) is 7.53. The predicted molar refractivity (Wildman–Crippen MR) is 66.2 cm³/mol. The second-order valence-electron chi connectivity index (χ2n) is 3.60. The molecule has 4 nitrogen and oxygen atoms in total. The summed E-state index contributed by atoms with van der Waals surface area (Å²) in [6.45, 7) is 3.12. The fourth-order valence-corrected chi connectivity index (χ4v) is 1.22. The molecule has 0 bridgehead atoms. The average molecular weight is 234 g/mol. The third kappa shape index (κ3) is 4.75. The Kier molecular flexibility index (Phi) is 5.91. The second-order valence-corrected chi connectivity index (χ2v) is 3.60. The molecule has 0 radical (unpaired) electrons. The quantitative estimate of drug-likeness (QED) is 0.783. The Morgan fingerprint density at radius 3 is 2.29 bits per heavy atom. The van der Waals surface area contributed by atoms with Gasteiger partial charge >= 0.3 is 0 Å². The summed E-state index contributed by atoms with van der Waals surface area (Å²) in [7, 11) is 1.74. The molecule has 1 aromatic carbocycles. The van der Waals surface area contributed by atoms with Gasteiger partial charge in [-0.15, -0.1) is 0 Å². The molecular weight excluding hydrogens is 216 g/mol. The maximum Gasteiger partial charge on any atom is 0.129 e. The fraction of sp³-hybridized carbons (Fsp3) is 0.462. The van der Waals surface area contributed by atoms with Crippen molar-refractivity contribution in [2.45, 2.75) is 19.4 Å². The predicted octanol–water partition coefficient (Wildman–Crippen LogP) is 1.97. The van der Waals surface area contributed by atoms with Gasteiger partial charge in [0, 0.05) is 0 Å². The summed E-state index contributed by atoms with van der Waals surface area (Å²) in [6.07, 6.45) is 0.990. The standard InChI is InChI=1S/C13H18N2O2/c1-3-8-16-12-4-6-13(7-5-12)17-10-11(9-14)15-2/h4-7,11,15H,3,8,10H2,1-2H3. The van der Waals surface area contributed by atoms with Crippen molar-refractivity contribution in [3.05, 3.63) is 24.3 Å². The fourth-order valence-electron chi connectivity index (χ4n) is 1.22. The molecule has 1 aromatic rings. The molecule has 0 aliphatic heterocycles. The lowest BCUT2D eigenvalue weighted by Gasteiger charge is -2.10. The molecular formula is C13H18N2O2. The third-order valence-electron chi connectivity index (χ3n) is 2.22. The molecule has 1 unspecified atom stereocenters. The average Bonchev–Trinajstić information content (AvgIpc) is 2.39. The smallest absolute Gasteiger partial charge is 0.129 e. The van der Waals surface area contributed by atoms with Crippen molar-refractivity contribution in [3.8, 4) is 17.6 Å². The molecule has 92 valence electrons. The Morgan fingerprint density at radius 1 is 1.24 bits per heavy atom. The van der Waals surface area contributed by atoms with E-state index in [9.17, 15) is 0 Å². The maximum atomic E-state index is 8.73. The summed E-state index contributed by atoms with van der Waals surface area (Å²) >= 11 is 0. The van der Waals surface area contributed by atoms with E-state index in [4.69, 9.17) is 14.7 Å². The van der Waals surface area contributed by atoms with Crippen molar-refractivity contribution in [1.82, 2.24) is 5.32 Å². The van der Waals surface area contributed by atoms with Crippen molar-refractivity contribution in [1.29, 1.82) is 5.26 Å². The molecule has 0 spiro atoms. The Bertz CT molecular complexity index is 357. The van der Waals surface area contributed by atoms with Crippen LogP contribution in [0.25, 0.3) is 0 Å². The van der Waals surface area contributed by atoms with E-state index in [-0.39, 0.29) is 6.04 Å². The number of hydrogen-bond donors (Lipinski definition) is 1. The number of likely N-dealkylation sites (N-methyl/N-ethyl adjacent to an activating group) is 1. The lowest BCUT2D eigenvalue weighted by molar-refractivity contribution is 0.292. The minimum Gasteiger partial charge on any atom is -0.494 e. The first-order valence-electron chi connectivity index (χ1n) is 5.72. The zero-order valence-corrected chi connectivity index (χ0v) is 10.3. The number of benzene rings is 1. The summed E-state index contributed by atoms with van der Waals surface area (Å²) in [5.74, 6) is 1.58. The van der Waals surface area contributed by atoms with Crippen LogP contribution >= 0.6 is 0 Å². The number of nitrogens with zero attached hydrogens (tertiary/aromatic N) is 1. The van der Waals surface area contributed by atoms with Crippen LogP contribution in [0.1, 0.15) is 13.3 Å². The first kappa shape index (κ1) is 13.3. The first-order chi connectivity index (χ1) is 8.30. The molecule has 1 atom stereocenters. The monoisotopic (exact) mass is 234 g/mol. The van der Waals surface area contributed by atoms with Gasteiger partial charge in [0.1, 0.15) is 24.1 Å². The molecule has 17 heavy (non-hydrogen) atoms. The van der Waals surface area contributed by atoms with Crippen LogP contribution in [0, 0.1) is 11.3 Å². The van der Waals surface area contributed by atoms with Crippen LogP contribution in [-0.2, 0) is 0 Å². The number of nitriles is 1. The summed E-state index contributed by atoms with van der Waals surface area (Å²) in [5.41, 5.74) is 0. The highest BCUT2D eigenvalue weighted by Gasteiger charge is 2.04. The highest BCUT2D eigenvalue weighted by molar-refractivity contribution is 5.31. The van der Waals surface area contributed by atoms with Crippen molar-refractivity contribution in [2.75, 3.05) is 20.3 Å². The van der Waals surface area contributed by atoms with E-state index in [1.807, 2.05) is 24.3 Å². The van der Waals surface area contributed by atoms with Crippen molar-refractivity contribution in [2.24, 2.45) is 0 Å². The maximum absolute atomic E-state index is 8.73. The van der Waals surface area contributed by atoms with Gasteiger partial charge in [-0.05, 0) is 37.7 Å². The van der Waals surface area contributed by atoms with E-state index >= 15 is 0 Å². The molecule has 0 saturated heterocycles. The van der Waals surface area contributed by atoms with Gasteiger partial charge in [-0.1, -0.05) is 6.92 Å². The normalized spacial score (nSPS) is 11.6. The lowest BCUT2D eigenvalue weighted by atomic mass is 10.3. The van der Waals surface area contributed by atoms with Gasteiger partial charge in [-0.25, -0.2) is 0 Å². The number of ether oxygens (including phenoxy) is 2. The highest BCUT2D eigenvalue weighted by Crippen LogP contribution is 2.17. The largest absolute Gasteiger partial charge is 0.494 e. The van der Waals surface area contributed by atoms with E-state index < -0.39 is 0 Å². The molecule has 4 heteroatoms. The molecule has 0 aromatic heterocycles. The number of rotatable bonds is 7. The van der Waals surface area contributed by atoms with E-state index in [0.29, 0.717) is 6.61 Å². The molecule has 0 aliphatic rings. The Morgan fingerprint density at radius 2 is 1.82 bits per heavy atom. The van der Waals surface area contributed by atoms with Crippen LogP contribution in [0.3, 0.4) is 0 Å². The van der Waals surface area contributed by atoms with Gasteiger partial charge in [0.05, 0.1) is 12.7 Å². The molecule has 1 rings (SSSR count). The zero-order valence-electron chi connectivity index (χ0n) is 10.3. The van der Waals surface area contributed by atoms with Gasteiger partial charge in [0.15, 0.2) is 0 Å². The summed E-state index contributed by atoms with van der Waals surface area (Å²) < 4.78 is 10.9. The topological polar surface area (TPSA) is 54.3 Å². The molecule has 0 heterocycles. The Balaban J connectivity index is 2.43. The van der Waals surface area contributed by atoms with Crippen molar-refractivity contribution < 1.29 is 9.47 Å². The number of nitrogens with one attached hydrogen (secondary N) is 1. The Labute approximate surface area is 102 Å². The summed E-state index contributed by atoms with van der Waals surface area (Å²) in [6, 6.07) is 9.23. The molecule has 0 saturated carbocycles. The minimum absolute atomic E-state index is 0.286. The van der Waals surface area contributed by atoms with E-state index in [1.165, 1.54) is 0 Å². The van der Waals surface area contributed by atoms with Gasteiger partial charge in [0.25, 0.3) is 0 Å². The number of hydrogen-bond acceptors (Lipinski definition) is 4. The zero-order chi connectivity index (χ0) is 12.5. The first-order valence-corrected chi connectivity index (χ1v) is 5.72. The molecule has 0 aliphatic carbocycles. The summed E-state index contributed by atoms with van der Waals surface area (Å²) in [4.78, 5) is 0. The van der Waals surface area contributed by atoms with Gasteiger partial charge in [-0.2, -0.15) is 5.26 Å². The molecule has 1 N–H and O–H groups in total. The van der Waals surface area contributed by atoms with E-state index in [1.54, 1.807) is 7.05 Å². The van der Waals surface area contributed by atoms with Gasteiger partial charge in [-0.3, -0.25) is 0 Å². The lowest BCUT2D eigenvalue weighted by Crippen LogP contribution is -2.29. The van der Waals surface area contributed by atoms with Crippen LogP contribution in [0.2, 0.25) is 0 Å². The van der Waals surface area contributed by atoms with Crippen LogP contribution in [0.15, 0.2) is 24.3 Å². The molecule has 0 fully saturated rings. The van der Waals surface area contributed by atoms with Gasteiger partial charge < -0.3 is 14.8 Å². The van der Waals surface area contributed by atoms with Crippen LogP contribution in [-0.4, -0.2) is 26.3 Å². The third-order valence-corrected chi connectivity index (χ3v) is 2.22. The molecule has 0 amide bonds. The minimum atomic E-state index is -0.286. The van der Waals surface area contributed by atoms with E-state index in [0.717, 1.165) is 24.5 Å².